The zero-order chi connectivity index (χ0) is 10.5. The molecule has 1 N–H and O–H groups in total. The molecule has 0 spiro atoms. The third kappa shape index (κ3) is 5.30. The van der Waals surface area contributed by atoms with Crippen LogP contribution in [-0.2, 0) is 0 Å². The number of hydrogen-bond donors (Lipinski definition) is 1. The molecule has 1 atom stereocenters. The predicted molar refractivity (Wildman–Crippen MR) is 61.0 cm³/mol. The fraction of sp³-hybridized carbons (Fsp3) is 1.00. The van der Waals surface area contributed by atoms with E-state index in [1.807, 2.05) is 0 Å². The molecule has 80 valence electrons. The Bertz CT molecular complexity index is 120. The van der Waals surface area contributed by atoms with Gasteiger partial charge in [0.15, 0.2) is 0 Å². The minimum absolute atomic E-state index is 0.441. The van der Waals surface area contributed by atoms with Gasteiger partial charge in [0, 0.05) is 6.04 Å². The predicted octanol–water partition coefficient (Wildman–Crippen LogP) is 3.45. The van der Waals surface area contributed by atoms with Crippen LogP contribution < -0.4 is 5.32 Å². The van der Waals surface area contributed by atoms with Gasteiger partial charge in [-0.1, -0.05) is 47.5 Å². The van der Waals surface area contributed by atoms with Crippen LogP contribution in [0.2, 0.25) is 0 Å². The first-order valence-corrected chi connectivity index (χ1v) is 5.61. The van der Waals surface area contributed by atoms with Crippen molar-refractivity contribution in [2.75, 3.05) is 7.05 Å². The largest absolute Gasteiger partial charge is 0.317 e. The van der Waals surface area contributed by atoms with Crippen molar-refractivity contribution < 1.29 is 0 Å². The quantitative estimate of drug-likeness (QED) is 0.692. The van der Waals surface area contributed by atoms with Gasteiger partial charge in [0.2, 0.25) is 0 Å². The van der Waals surface area contributed by atoms with Gasteiger partial charge < -0.3 is 5.32 Å². The van der Waals surface area contributed by atoms with Crippen molar-refractivity contribution in [1.82, 2.24) is 5.32 Å². The molecule has 1 unspecified atom stereocenters. The molecule has 0 amide bonds. The van der Waals surface area contributed by atoms with E-state index in [1.54, 1.807) is 0 Å². The van der Waals surface area contributed by atoms with Crippen LogP contribution in [0.1, 0.15) is 53.9 Å². The molecule has 0 heterocycles. The van der Waals surface area contributed by atoms with Crippen LogP contribution >= 0.6 is 0 Å². The van der Waals surface area contributed by atoms with E-state index < -0.39 is 0 Å². The lowest BCUT2D eigenvalue weighted by atomic mass is 9.81. The average Bonchev–Trinajstić information content (AvgIpc) is 2.02. The van der Waals surface area contributed by atoms with Crippen LogP contribution in [0.3, 0.4) is 0 Å². The van der Waals surface area contributed by atoms with Crippen molar-refractivity contribution in [3.63, 3.8) is 0 Å². The Morgan fingerprint density at radius 1 is 1.08 bits per heavy atom. The first kappa shape index (κ1) is 13.0. The van der Waals surface area contributed by atoms with E-state index in [9.17, 15) is 0 Å². The summed E-state index contributed by atoms with van der Waals surface area (Å²) in [5.74, 6) is 0.837. The molecule has 0 radical (unpaired) electrons. The highest BCUT2D eigenvalue weighted by Gasteiger charge is 2.22. The van der Waals surface area contributed by atoms with Gasteiger partial charge in [-0.25, -0.2) is 0 Å². The maximum Gasteiger partial charge on any atom is 0.00971 e. The van der Waals surface area contributed by atoms with E-state index in [2.05, 4.69) is 47.0 Å². The Morgan fingerprint density at radius 2 is 1.54 bits per heavy atom. The third-order valence-electron chi connectivity index (χ3n) is 2.82. The minimum Gasteiger partial charge on any atom is -0.317 e. The first-order valence-electron chi connectivity index (χ1n) is 5.61. The smallest absolute Gasteiger partial charge is 0.00971 e. The van der Waals surface area contributed by atoms with E-state index in [0.29, 0.717) is 11.5 Å². The Hall–Kier alpha value is -0.0400. The summed E-state index contributed by atoms with van der Waals surface area (Å²) in [6.07, 6.45) is 3.85. The van der Waals surface area contributed by atoms with Crippen LogP contribution in [0.4, 0.5) is 0 Å². The highest BCUT2D eigenvalue weighted by atomic mass is 14.9. The third-order valence-corrected chi connectivity index (χ3v) is 2.82. The van der Waals surface area contributed by atoms with E-state index in [-0.39, 0.29) is 0 Å². The molecule has 0 aromatic heterocycles. The summed E-state index contributed by atoms with van der Waals surface area (Å²) in [4.78, 5) is 0. The molecule has 0 saturated carbocycles. The van der Waals surface area contributed by atoms with Gasteiger partial charge in [-0.15, -0.1) is 0 Å². The highest BCUT2D eigenvalue weighted by Crippen LogP contribution is 2.26. The Balaban J connectivity index is 4.15. The second-order valence-electron chi connectivity index (χ2n) is 5.24. The second kappa shape index (κ2) is 5.64. The first-order chi connectivity index (χ1) is 5.94. The fourth-order valence-corrected chi connectivity index (χ4v) is 2.02. The van der Waals surface area contributed by atoms with Crippen LogP contribution in [0.15, 0.2) is 0 Å². The van der Waals surface area contributed by atoms with Crippen LogP contribution in [-0.4, -0.2) is 13.1 Å². The molecule has 0 bridgehead atoms. The van der Waals surface area contributed by atoms with Crippen molar-refractivity contribution in [2.24, 2.45) is 11.3 Å². The van der Waals surface area contributed by atoms with Gasteiger partial charge in [-0.3, -0.25) is 0 Å². The van der Waals surface area contributed by atoms with Gasteiger partial charge in [-0.2, -0.15) is 0 Å². The minimum atomic E-state index is 0.441. The SMILES string of the molecule is CCC(CC)C(CC(C)(C)C)NC. The molecular weight excluding hydrogens is 158 g/mol. The fourth-order valence-electron chi connectivity index (χ4n) is 2.02. The number of nitrogens with one attached hydrogen (secondary N) is 1. The molecule has 0 saturated heterocycles. The van der Waals surface area contributed by atoms with Crippen molar-refractivity contribution in [2.45, 2.75) is 59.9 Å². The van der Waals surface area contributed by atoms with Gasteiger partial charge >= 0.3 is 0 Å². The van der Waals surface area contributed by atoms with Crippen molar-refractivity contribution in [1.29, 1.82) is 0 Å². The molecule has 0 aromatic rings. The standard InChI is InChI=1S/C12H27N/c1-7-10(8-2)11(13-6)9-12(3,4)5/h10-11,13H,7-9H2,1-6H3. The summed E-state index contributed by atoms with van der Waals surface area (Å²) in [7, 11) is 2.09. The zero-order valence-electron chi connectivity index (χ0n) is 10.3. The summed E-state index contributed by atoms with van der Waals surface area (Å²) in [6.45, 7) is 11.5. The maximum absolute atomic E-state index is 3.46. The summed E-state index contributed by atoms with van der Waals surface area (Å²) >= 11 is 0. The molecule has 0 aliphatic rings. The second-order valence-corrected chi connectivity index (χ2v) is 5.24. The summed E-state index contributed by atoms with van der Waals surface area (Å²) < 4.78 is 0. The van der Waals surface area contributed by atoms with Crippen LogP contribution in [0.5, 0.6) is 0 Å². The summed E-state index contributed by atoms with van der Waals surface area (Å²) in [5.41, 5.74) is 0.441. The van der Waals surface area contributed by atoms with Crippen LogP contribution in [0.25, 0.3) is 0 Å². The normalized spacial score (nSPS) is 15.0. The molecule has 0 aliphatic heterocycles. The van der Waals surface area contributed by atoms with E-state index >= 15 is 0 Å². The van der Waals surface area contributed by atoms with E-state index in [0.717, 1.165) is 5.92 Å². The maximum atomic E-state index is 3.46. The molecule has 1 heteroatoms. The van der Waals surface area contributed by atoms with Gasteiger partial charge in [0.1, 0.15) is 0 Å². The summed E-state index contributed by atoms with van der Waals surface area (Å²) in [5, 5.41) is 3.46. The Morgan fingerprint density at radius 3 is 1.77 bits per heavy atom. The number of rotatable bonds is 5. The van der Waals surface area contributed by atoms with Crippen molar-refractivity contribution in [3.8, 4) is 0 Å². The average molecular weight is 185 g/mol. The van der Waals surface area contributed by atoms with Crippen molar-refractivity contribution in [3.05, 3.63) is 0 Å². The lowest BCUT2D eigenvalue weighted by Gasteiger charge is -2.31. The topological polar surface area (TPSA) is 12.0 Å². The van der Waals surface area contributed by atoms with Gasteiger partial charge in [-0.05, 0) is 24.8 Å². The lowest BCUT2D eigenvalue weighted by molar-refractivity contribution is 0.246. The van der Waals surface area contributed by atoms with E-state index in [1.165, 1.54) is 19.3 Å². The lowest BCUT2D eigenvalue weighted by Crippen LogP contribution is -2.36. The molecule has 0 aromatic carbocycles. The van der Waals surface area contributed by atoms with Gasteiger partial charge in [0.05, 0.1) is 0 Å². The molecule has 0 aliphatic carbocycles. The molecule has 13 heavy (non-hydrogen) atoms. The molecular formula is C12H27N. The molecule has 0 rings (SSSR count). The monoisotopic (exact) mass is 185 g/mol. The van der Waals surface area contributed by atoms with E-state index in [4.69, 9.17) is 0 Å². The Labute approximate surface area is 84.3 Å². The molecule has 0 fully saturated rings. The number of hydrogen-bond acceptors (Lipinski definition) is 1. The van der Waals surface area contributed by atoms with Crippen LogP contribution in [0, 0.1) is 11.3 Å². The zero-order valence-corrected chi connectivity index (χ0v) is 10.3. The Kier molecular flexibility index (Phi) is 5.62. The summed E-state index contributed by atoms with van der Waals surface area (Å²) in [6, 6.07) is 0.690. The highest BCUT2D eigenvalue weighted by molar-refractivity contribution is 4.78. The molecule has 1 nitrogen and oxygen atoms in total. The van der Waals surface area contributed by atoms with Gasteiger partial charge in [0.25, 0.3) is 0 Å². The van der Waals surface area contributed by atoms with Crippen molar-refractivity contribution >= 4 is 0 Å².